The third kappa shape index (κ3) is 4.47. The summed E-state index contributed by atoms with van der Waals surface area (Å²) in [4.78, 5) is 15.1. The van der Waals surface area contributed by atoms with E-state index in [0.717, 1.165) is 24.8 Å². The van der Waals surface area contributed by atoms with Gasteiger partial charge in [0.05, 0.1) is 24.2 Å². The molecule has 0 aliphatic carbocycles. The van der Waals surface area contributed by atoms with Crippen molar-refractivity contribution in [3.8, 4) is 0 Å². The molecular formula is C21H28N2O4S. The molecule has 0 spiro atoms. The van der Waals surface area contributed by atoms with Crippen LogP contribution in [0.1, 0.15) is 44.4 Å². The van der Waals surface area contributed by atoms with Crippen LogP contribution in [0.15, 0.2) is 52.0 Å². The molecular weight excluding hydrogens is 376 g/mol. The maximum absolute atomic E-state index is 13.3. The van der Waals surface area contributed by atoms with Crippen molar-refractivity contribution >= 4 is 15.9 Å². The first-order valence-electron chi connectivity index (χ1n) is 9.69. The van der Waals surface area contributed by atoms with Gasteiger partial charge in [-0.15, -0.1) is 0 Å². The van der Waals surface area contributed by atoms with Gasteiger partial charge in [0.25, 0.3) is 0 Å². The number of amides is 1. The monoisotopic (exact) mass is 404 g/mol. The third-order valence-corrected chi connectivity index (χ3v) is 7.17. The molecule has 2 atom stereocenters. The van der Waals surface area contributed by atoms with E-state index in [1.165, 1.54) is 10.6 Å². The Bertz CT molecular complexity index is 881. The van der Waals surface area contributed by atoms with Crippen LogP contribution in [-0.4, -0.2) is 42.2 Å². The van der Waals surface area contributed by atoms with Crippen LogP contribution in [0.25, 0.3) is 0 Å². The van der Waals surface area contributed by atoms with Crippen molar-refractivity contribution < 1.29 is 17.6 Å². The maximum atomic E-state index is 13.3. The highest BCUT2D eigenvalue weighted by Crippen LogP contribution is 2.25. The normalized spacial score (nSPS) is 20.5. The van der Waals surface area contributed by atoms with Crippen LogP contribution in [0.4, 0.5) is 0 Å². The summed E-state index contributed by atoms with van der Waals surface area (Å²) in [6, 6.07) is 10.3. The van der Waals surface area contributed by atoms with E-state index in [4.69, 9.17) is 4.42 Å². The molecule has 2 aromatic rings. The van der Waals surface area contributed by atoms with Crippen molar-refractivity contribution in [1.29, 1.82) is 0 Å². The molecule has 1 fully saturated rings. The van der Waals surface area contributed by atoms with Gasteiger partial charge >= 0.3 is 0 Å². The summed E-state index contributed by atoms with van der Waals surface area (Å²) in [7, 11) is -3.84. The fourth-order valence-corrected chi connectivity index (χ4v) is 5.16. The van der Waals surface area contributed by atoms with Crippen LogP contribution in [0.3, 0.4) is 0 Å². The second-order valence-corrected chi connectivity index (χ2v) is 9.53. The van der Waals surface area contributed by atoms with Crippen LogP contribution < -0.4 is 0 Å². The minimum atomic E-state index is -3.84. The minimum absolute atomic E-state index is 0.0194. The Balaban J connectivity index is 1.88. The van der Waals surface area contributed by atoms with E-state index in [-0.39, 0.29) is 36.0 Å². The molecule has 2 heterocycles. The summed E-state index contributed by atoms with van der Waals surface area (Å²) >= 11 is 0. The lowest BCUT2D eigenvalue weighted by Gasteiger charge is -2.40. The van der Waals surface area contributed by atoms with Gasteiger partial charge in [-0.1, -0.05) is 17.7 Å². The quantitative estimate of drug-likeness (QED) is 0.738. The van der Waals surface area contributed by atoms with E-state index < -0.39 is 10.0 Å². The number of likely N-dealkylation sites (tertiary alicyclic amines) is 1. The topological polar surface area (TPSA) is 70.8 Å². The Hall–Kier alpha value is -2.12. The average Bonchev–Trinajstić information content (AvgIpc) is 3.14. The van der Waals surface area contributed by atoms with Crippen molar-refractivity contribution in [2.24, 2.45) is 0 Å². The lowest BCUT2D eigenvalue weighted by atomic mass is 9.97. The number of rotatable bonds is 6. The van der Waals surface area contributed by atoms with E-state index in [9.17, 15) is 13.2 Å². The molecule has 0 bridgehead atoms. The summed E-state index contributed by atoms with van der Waals surface area (Å²) in [6.45, 7) is 5.77. The Morgan fingerprint density at radius 1 is 1.14 bits per heavy atom. The average molecular weight is 405 g/mol. The van der Waals surface area contributed by atoms with E-state index in [2.05, 4.69) is 0 Å². The highest BCUT2D eigenvalue weighted by Gasteiger charge is 2.33. The first kappa shape index (κ1) is 20.6. The molecule has 152 valence electrons. The first-order chi connectivity index (χ1) is 13.3. The molecule has 28 heavy (non-hydrogen) atoms. The number of carbonyl (C=O) groups is 1. The van der Waals surface area contributed by atoms with Crippen molar-refractivity contribution in [1.82, 2.24) is 9.21 Å². The van der Waals surface area contributed by atoms with Crippen LogP contribution in [-0.2, 0) is 21.4 Å². The van der Waals surface area contributed by atoms with Crippen LogP contribution in [0.5, 0.6) is 0 Å². The minimum Gasteiger partial charge on any atom is -0.468 e. The third-order valence-electron chi connectivity index (χ3n) is 5.36. The molecule has 3 rings (SSSR count). The van der Waals surface area contributed by atoms with Crippen LogP contribution in [0, 0.1) is 6.92 Å². The molecule has 1 amide bonds. The molecule has 0 N–H and O–H groups in total. The van der Waals surface area contributed by atoms with Crippen molar-refractivity contribution in [2.45, 2.75) is 63.6 Å². The zero-order valence-electron chi connectivity index (χ0n) is 16.7. The van der Waals surface area contributed by atoms with Crippen LogP contribution >= 0.6 is 0 Å². The summed E-state index contributed by atoms with van der Waals surface area (Å²) in [5, 5.41) is 0. The molecule has 1 aromatic heterocycles. The standard InChI is InChI=1S/C21H28N2O4S/c1-16-9-11-20(12-10-16)28(25,26)22(14-19-8-5-13-27-19)15-21(24)23-17(2)6-4-7-18(23)3/h5,8-13,17-18H,4,6-7,14-15H2,1-3H3. The Morgan fingerprint density at radius 2 is 1.79 bits per heavy atom. The number of furan rings is 1. The highest BCUT2D eigenvalue weighted by molar-refractivity contribution is 7.89. The van der Waals surface area contributed by atoms with Gasteiger partial charge in [-0.25, -0.2) is 8.42 Å². The fraction of sp³-hybridized carbons (Fsp3) is 0.476. The Labute approximate surface area is 167 Å². The lowest BCUT2D eigenvalue weighted by Crippen LogP contribution is -2.51. The van der Waals surface area contributed by atoms with E-state index >= 15 is 0 Å². The second-order valence-electron chi connectivity index (χ2n) is 7.60. The van der Waals surface area contributed by atoms with Gasteiger partial charge in [0.15, 0.2) is 0 Å². The number of piperidine rings is 1. The Morgan fingerprint density at radius 3 is 2.36 bits per heavy atom. The highest BCUT2D eigenvalue weighted by atomic mass is 32.2. The van der Waals surface area contributed by atoms with Crippen molar-refractivity contribution in [3.63, 3.8) is 0 Å². The van der Waals surface area contributed by atoms with E-state index in [1.54, 1.807) is 36.4 Å². The predicted octanol–water partition coefficient (Wildman–Crippen LogP) is 3.57. The van der Waals surface area contributed by atoms with Gasteiger partial charge < -0.3 is 9.32 Å². The first-order valence-corrected chi connectivity index (χ1v) is 11.1. The van der Waals surface area contributed by atoms with E-state index in [1.807, 2.05) is 25.7 Å². The molecule has 0 saturated carbocycles. The van der Waals surface area contributed by atoms with Crippen molar-refractivity contribution in [2.75, 3.05) is 6.54 Å². The number of benzene rings is 1. The molecule has 7 heteroatoms. The number of carbonyl (C=O) groups excluding carboxylic acids is 1. The van der Waals surface area contributed by atoms with E-state index in [0.29, 0.717) is 5.76 Å². The summed E-state index contributed by atoms with van der Waals surface area (Å²) < 4.78 is 33.1. The van der Waals surface area contributed by atoms with Gasteiger partial charge in [0.2, 0.25) is 15.9 Å². The number of aryl methyl sites for hydroxylation is 1. The zero-order valence-corrected chi connectivity index (χ0v) is 17.5. The lowest BCUT2D eigenvalue weighted by molar-refractivity contribution is -0.137. The SMILES string of the molecule is Cc1ccc(S(=O)(=O)N(CC(=O)N2C(C)CCCC2C)Cc2ccco2)cc1. The van der Waals surface area contributed by atoms with Gasteiger partial charge in [0, 0.05) is 12.1 Å². The summed E-state index contributed by atoms with van der Waals surface area (Å²) in [6.07, 6.45) is 4.48. The van der Waals surface area contributed by atoms with Crippen molar-refractivity contribution in [3.05, 3.63) is 54.0 Å². The maximum Gasteiger partial charge on any atom is 0.243 e. The zero-order chi connectivity index (χ0) is 20.3. The number of hydrogen-bond donors (Lipinski definition) is 0. The molecule has 1 aliphatic rings. The number of nitrogens with zero attached hydrogens (tertiary/aromatic N) is 2. The number of hydrogen-bond acceptors (Lipinski definition) is 4. The molecule has 0 radical (unpaired) electrons. The van der Waals surface area contributed by atoms with Gasteiger partial charge in [0.1, 0.15) is 5.76 Å². The molecule has 6 nitrogen and oxygen atoms in total. The van der Waals surface area contributed by atoms with Gasteiger partial charge in [-0.3, -0.25) is 4.79 Å². The van der Waals surface area contributed by atoms with Crippen LogP contribution in [0.2, 0.25) is 0 Å². The smallest absolute Gasteiger partial charge is 0.243 e. The largest absolute Gasteiger partial charge is 0.468 e. The second kappa shape index (κ2) is 8.49. The van der Waals surface area contributed by atoms with Gasteiger partial charge in [-0.2, -0.15) is 4.31 Å². The summed E-state index contributed by atoms with van der Waals surface area (Å²) in [5.41, 5.74) is 0.976. The molecule has 2 unspecified atom stereocenters. The number of sulfonamides is 1. The Kier molecular flexibility index (Phi) is 6.25. The summed E-state index contributed by atoms with van der Waals surface area (Å²) in [5.74, 6) is 0.338. The fourth-order valence-electron chi connectivity index (χ4n) is 3.81. The molecule has 1 aromatic carbocycles. The predicted molar refractivity (Wildman–Crippen MR) is 107 cm³/mol. The molecule has 1 aliphatic heterocycles. The van der Waals surface area contributed by atoms with Gasteiger partial charge in [-0.05, 0) is 64.3 Å². The molecule has 1 saturated heterocycles.